The highest BCUT2D eigenvalue weighted by Crippen LogP contribution is 2.34. The first-order valence-electron chi connectivity index (χ1n) is 6.68. The summed E-state index contributed by atoms with van der Waals surface area (Å²) < 4.78 is 59.3. The second kappa shape index (κ2) is 7.03. The molecule has 126 valence electrons. The molecule has 0 atom stereocenters. The van der Waals surface area contributed by atoms with Crippen LogP contribution in [0.2, 0.25) is 0 Å². The van der Waals surface area contributed by atoms with Gasteiger partial charge in [-0.05, 0) is 37.3 Å². The Balaban J connectivity index is 0.000000471. The summed E-state index contributed by atoms with van der Waals surface area (Å²) in [5, 5.41) is 6.15. The Kier molecular flexibility index (Phi) is 5.08. The zero-order chi connectivity index (χ0) is 17.9. The lowest BCUT2D eigenvalue weighted by molar-refractivity contribution is 0.391. The molecule has 0 bridgehead atoms. The molecule has 0 unspecified atom stereocenters. The van der Waals surface area contributed by atoms with Crippen LogP contribution in [-0.4, -0.2) is 10.8 Å². The van der Waals surface area contributed by atoms with Gasteiger partial charge in [0.1, 0.15) is 11.6 Å². The molecular formula is C16H13F4N3O. The highest BCUT2D eigenvalue weighted by molar-refractivity contribution is 5.82. The maximum Gasteiger partial charge on any atom is 0.206 e. The van der Waals surface area contributed by atoms with Crippen molar-refractivity contribution in [3.63, 3.8) is 0 Å². The fourth-order valence-electron chi connectivity index (χ4n) is 1.87. The summed E-state index contributed by atoms with van der Waals surface area (Å²) in [4.78, 5) is 2.41. The number of rotatable bonds is 2. The maximum atomic E-state index is 14.1. The van der Waals surface area contributed by atoms with Crippen LogP contribution >= 0.6 is 0 Å². The molecule has 4 N–H and O–H groups in total. The van der Waals surface area contributed by atoms with Gasteiger partial charge in [-0.15, -0.1) is 0 Å². The van der Waals surface area contributed by atoms with Gasteiger partial charge in [-0.3, -0.25) is 5.41 Å². The predicted octanol–water partition coefficient (Wildman–Crippen LogP) is 4.46. The minimum absolute atomic E-state index is 0.00140. The van der Waals surface area contributed by atoms with Crippen LogP contribution in [0.5, 0.6) is 11.5 Å². The van der Waals surface area contributed by atoms with Crippen molar-refractivity contribution in [3.05, 3.63) is 59.8 Å². The lowest BCUT2D eigenvalue weighted by Crippen LogP contribution is -2.00. The fraction of sp³-hybridized carbons (Fsp3) is 0.0625. The van der Waals surface area contributed by atoms with Crippen LogP contribution in [0.1, 0.15) is 6.92 Å². The quantitative estimate of drug-likeness (QED) is 0.279. The van der Waals surface area contributed by atoms with Crippen LogP contribution in [0.4, 0.5) is 17.6 Å². The molecule has 8 heteroatoms. The average molecular weight is 339 g/mol. The summed E-state index contributed by atoms with van der Waals surface area (Å²) in [7, 11) is 0. The number of hydrogen-bond donors (Lipinski definition) is 3. The standard InChI is InChI=1S/C14H7F4NO.C2H6N2/c15-7-1-3-8(4-2-7)20-14-10(16)9-5-6-19-13(9)11(17)12(14)18;1-2(3)4/h1-6,19H;1H3,(H3,3,4). The van der Waals surface area contributed by atoms with Gasteiger partial charge in [-0.1, -0.05) is 0 Å². The van der Waals surface area contributed by atoms with Gasteiger partial charge < -0.3 is 15.5 Å². The van der Waals surface area contributed by atoms with Crippen molar-refractivity contribution in [2.45, 2.75) is 6.92 Å². The molecule has 3 rings (SSSR count). The minimum Gasteiger partial charge on any atom is -0.451 e. The largest absolute Gasteiger partial charge is 0.451 e. The molecule has 24 heavy (non-hydrogen) atoms. The average Bonchev–Trinajstić information content (AvgIpc) is 3.00. The lowest BCUT2D eigenvalue weighted by atomic mass is 10.2. The van der Waals surface area contributed by atoms with E-state index < -0.39 is 29.0 Å². The van der Waals surface area contributed by atoms with Crippen molar-refractivity contribution in [1.82, 2.24) is 4.98 Å². The van der Waals surface area contributed by atoms with E-state index in [0.717, 1.165) is 12.1 Å². The summed E-state index contributed by atoms with van der Waals surface area (Å²) in [5.74, 6) is -4.92. The van der Waals surface area contributed by atoms with Gasteiger partial charge in [-0.25, -0.2) is 13.2 Å². The van der Waals surface area contributed by atoms with Gasteiger partial charge in [0.15, 0.2) is 11.6 Å². The van der Waals surface area contributed by atoms with Crippen LogP contribution in [0.25, 0.3) is 10.9 Å². The molecule has 4 nitrogen and oxygen atoms in total. The molecule has 0 radical (unpaired) electrons. The molecule has 0 amide bonds. The molecule has 0 saturated heterocycles. The summed E-state index contributed by atoms with van der Waals surface area (Å²) >= 11 is 0. The number of amidine groups is 1. The molecule has 0 saturated carbocycles. The Morgan fingerprint density at radius 3 is 2.17 bits per heavy atom. The molecule has 1 aromatic heterocycles. The molecule has 1 heterocycles. The zero-order valence-electron chi connectivity index (χ0n) is 12.5. The van der Waals surface area contributed by atoms with Crippen molar-refractivity contribution in [3.8, 4) is 11.5 Å². The monoisotopic (exact) mass is 339 g/mol. The van der Waals surface area contributed by atoms with Gasteiger partial charge in [0.25, 0.3) is 0 Å². The minimum atomic E-state index is -1.44. The van der Waals surface area contributed by atoms with Crippen molar-refractivity contribution in [2.24, 2.45) is 5.73 Å². The molecule has 2 aromatic carbocycles. The molecule has 0 aliphatic carbocycles. The van der Waals surface area contributed by atoms with Gasteiger partial charge in [-0.2, -0.15) is 4.39 Å². The van der Waals surface area contributed by atoms with Crippen LogP contribution in [0.15, 0.2) is 36.5 Å². The van der Waals surface area contributed by atoms with E-state index in [2.05, 4.69) is 4.98 Å². The topological polar surface area (TPSA) is 74.9 Å². The Hall–Kier alpha value is -3.03. The highest BCUT2D eigenvalue weighted by atomic mass is 19.2. The summed E-state index contributed by atoms with van der Waals surface area (Å²) in [6.07, 6.45) is 1.29. The first-order chi connectivity index (χ1) is 11.3. The number of aromatic amines is 1. The molecule has 0 aliphatic rings. The van der Waals surface area contributed by atoms with Crippen molar-refractivity contribution in [2.75, 3.05) is 0 Å². The van der Waals surface area contributed by atoms with E-state index >= 15 is 0 Å². The SMILES string of the molecule is CC(=N)N.Fc1ccc(Oc2c(F)c(F)c3[nH]ccc3c2F)cc1. The first-order valence-corrected chi connectivity index (χ1v) is 6.68. The normalized spacial score (nSPS) is 10.2. The molecule has 0 spiro atoms. The number of fused-ring (bicyclic) bond motifs is 1. The van der Waals surface area contributed by atoms with Crippen molar-refractivity contribution < 1.29 is 22.3 Å². The second-order valence-electron chi connectivity index (χ2n) is 4.78. The Morgan fingerprint density at radius 1 is 1.00 bits per heavy atom. The molecule has 3 aromatic rings. The van der Waals surface area contributed by atoms with Gasteiger partial charge in [0.2, 0.25) is 11.6 Å². The molecule has 0 fully saturated rings. The Labute approximate surface area is 134 Å². The number of H-pyrrole nitrogens is 1. The lowest BCUT2D eigenvalue weighted by Gasteiger charge is -2.09. The van der Waals surface area contributed by atoms with E-state index in [0.29, 0.717) is 0 Å². The van der Waals surface area contributed by atoms with E-state index in [4.69, 9.17) is 15.9 Å². The third-order valence-electron chi connectivity index (χ3n) is 2.83. The number of aromatic nitrogens is 1. The molecular weight excluding hydrogens is 326 g/mol. The van der Waals surface area contributed by atoms with Crippen LogP contribution in [0.3, 0.4) is 0 Å². The smallest absolute Gasteiger partial charge is 0.206 e. The number of nitrogens with one attached hydrogen (secondary N) is 2. The van der Waals surface area contributed by atoms with E-state index in [-0.39, 0.29) is 22.5 Å². The predicted molar refractivity (Wildman–Crippen MR) is 82.2 cm³/mol. The summed E-state index contributed by atoms with van der Waals surface area (Å²) in [6.45, 7) is 1.53. The van der Waals surface area contributed by atoms with Gasteiger partial charge in [0.05, 0.1) is 11.4 Å². The van der Waals surface area contributed by atoms with Crippen LogP contribution in [0, 0.1) is 28.7 Å². The third-order valence-corrected chi connectivity index (χ3v) is 2.83. The van der Waals surface area contributed by atoms with Crippen LogP contribution in [-0.2, 0) is 0 Å². The van der Waals surface area contributed by atoms with Crippen LogP contribution < -0.4 is 10.5 Å². The van der Waals surface area contributed by atoms with E-state index in [1.807, 2.05) is 0 Å². The van der Waals surface area contributed by atoms with Gasteiger partial charge in [0, 0.05) is 11.6 Å². The number of benzene rings is 2. The van der Waals surface area contributed by atoms with Gasteiger partial charge >= 0.3 is 0 Å². The zero-order valence-corrected chi connectivity index (χ0v) is 12.5. The first kappa shape index (κ1) is 17.3. The second-order valence-corrected chi connectivity index (χ2v) is 4.78. The Morgan fingerprint density at radius 2 is 1.58 bits per heavy atom. The fourth-order valence-corrected chi connectivity index (χ4v) is 1.87. The number of hydrogen-bond acceptors (Lipinski definition) is 2. The number of halogens is 4. The highest BCUT2D eigenvalue weighted by Gasteiger charge is 2.22. The van der Waals surface area contributed by atoms with E-state index in [9.17, 15) is 17.6 Å². The van der Waals surface area contributed by atoms with E-state index in [1.165, 1.54) is 31.3 Å². The number of nitrogens with two attached hydrogens (primary N) is 1. The number of ether oxygens (including phenoxy) is 1. The van der Waals surface area contributed by atoms with E-state index in [1.54, 1.807) is 0 Å². The summed E-state index contributed by atoms with van der Waals surface area (Å²) in [5.41, 5.74) is 4.42. The Bertz CT molecular complexity index is 871. The molecule has 0 aliphatic heterocycles. The van der Waals surface area contributed by atoms with Crippen molar-refractivity contribution >= 4 is 16.7 Å². The van der Waals surface area contributed by atoms with Crippen molar-refractivity contribution in [1.29, 1.82) is 5.41 Å². The third kappa shape index (κ3) is 3.65. The maximum absolute atomic E-state index is 14.1. The summed E-state index contributed by atoms with van der Waals surface area (Å²) in [6, 6.07) is 5.78.